The van der Waals surface area contributed by atoms with E-state index in [-0.39, 0.29) is 39.8 Å². The SMILES string of the molecule is C/C=C/C1CCCC(Nc2c(F)cnc3c(-c4cc(F)cnc4N)noc23)[C@H]1C(=O)O. The molecular weight excluding hydrogens is 408 g/mol. The monoisotopic (exact) mass is 429 g/mol. The molecule has 8 nitrogen and oxygen atoms in total. The summed E-state index contributed by atoms with van der Waals surface area (Å²) < 4.78 is 33.8. The molecule has 4 rings (SSSR count). The van der Waals surface area contributed by atoms with Crippen LogP contribution in [0, 0.1) is 23.5 Å². The Morgan fingerprint density at radius 3 is 2.87 bits per heavy atom. The molecule has 4 N–H and O–H groups in total. The summed E-state index contributed by atoms with van der Waals surface area (Å²) in [6.07, 6.45) is 7.74. The largest absolute Gasteiger partial charge is 0.481 e. The van der Waals surface area contributed by atoms with E-state index in [1.165, 1.54) is 0 Å². The Kier molecular flexibility index (Phi) is 5.53. The molecule has 0 spiro atoms. The summed E-state index contributed by atoms with van der Waals surface area (Å²) in [5.41, 5.74) is 6.24. The lowest BCUT2D eigenvalue weighted by molar-refractivity contribution is -0.144. The highest BCUT2D eigenvalue weighted by atomic mass is 19.1. The highest BCUT2D eigenvalue weighted by Crippen LogP contribution is 2.38. The second kappa shape index (κ2) is 8.29. The minimum atomic E-state index is -0.956. The molecule has 1 saturated carbocycles. The molecule has 0 aliphatic heterocycles. The van der Waals surface area contributed by atoms with E-state index in [1.807, 2.05) is 19.1 Å². The van der Waals surface area contributed by atoms with Gasteiger partial charge >= 0.3 is 5.97 Å². The molecule has 2 unspecified atom stereocenters. The summed E-state index contributed by atoms with van der Waals surface area (Å²) in [5.74, 6) is -3.18. The van der Waals surface area contributed by atoms with Crippen LogP contribution in [-0.4, -0.2) is 32.2 Å². The van der Waals surface area contributed by atoms with Gasteiger partial charge in [-0.2, -0.15) is 0 Å². The van der Waals surface area contributed by atoms with Crippen LogP contribution in [0.5, 0.6) is 0 Å². The molecule has 0 aromatic carbocycles. The van der Waals surface area contributed by atoms with Gasteiger partial charge < -0.3 is 20.7 Å². The van der Waals surface area contributed by atoms with Crippen molar-refractivity contribution in [3.63, 3.8) is 0 Å². The Balaban J connectivity index is 1.76. The lowest BCUT2D eigenvalue weighted by Crippen LogP contribution is -2.42. The van der Waals surface area contributed by atoms with E-state index in [2.05, 4.69) is 20.4 Å². The van der Waals surface area contributed by atoms with Crippen molar-refractivity contribution in [2.45, 2.75) is 32.2 Å². The van der Waals surface area contributed by atoms with Crippen molar-refractivity contribution in [1.29, 1.82) is 0 Å². The molecule has 0 bridgehead atoms. The number of anilines is 2. The zero-order chi connectivity index (χ0) is 22.1. The van der Waals surface area contributed by atoms with E-state index in [4.69, 9.17) is 10.3 Å². The van der Waals surface area contributed by atoms with Gasteiger partial charge in [-0.15, -0.1) is 0 Å². The van der Waals surface area contributed by atoms with Crippen LogP contribution in [0.3, 0.4) is 0 Å². The van der Waals surface area contributed by atoms with Gasteiger partial charge in [0.25, 0.3) is 0 Å². The number of nitrogens with two attached hydrogens (primary N) is 1. The van der Waals surface area contributed by atoms with Gasteiger partial charge in [-0.25, -0.2) is 18.7 Å². The molecule has 0 saturated heterocycles. The third-order valence-electron chi connectivity index (χ3n) is 5.58. The molecule has 3 aromatic rings. The van der Waals surface area contributed by atoms with Gasteiger partial charge in [-0.3, -0.25) is 4.79 Å². The number of hydrogen-bond donors (Lipinski definition) is 3. The second-order valence-corrected chi connectivity index (χ2v) is 7.51. The van der Waals surface area contributed by atoms with E-state index in [1.54, 1.807) is 0 Å². The fourth-order valence-electron chi connectivity index (χ4n) is 4.21. The van der Waals surface area contributed by atoms with Gasteiger partial charge in [0.15, 0.2) is 5.82 Å². The maximum Gasteiger partial charge on any atom is 0.309 e. The molecule has 0 radical (unpaired) electrons. The number of pyridine rings is 2. The fourth-order valence-corrected chi connectivity index (χ4v) is 4.21. The lowest BCUT2D eigenvalue weighted by Gasteiger charge is -2.35. The topological polar surface area (TPSA) is 127 Å². The van der Waals surface area contributed by atoms with Crippen LogP contribution < -0.4 is 11.1 Å². The summed E-state index contributed by atoms with van der Waals surface area (Å²) in [4.78, 5) is 19.8. The van der Waals surface area contributed by atoms with Crippen molar-refractivity contribution in [3.05, 3.63) is 42.2 Å². The molecule has 1 aliphatic rings. The molecule has 0 amide bonds. The van der Waals surface area contributed by atoms with Gasteiger partial charge in [0.2, 0.25) is 5.58 Å². The Hall–Kier alpha value is -3.56. The van der Waals surface area contributed by atoms with E-state index in [0.29, 0.717) is 6.42 Å². The Bertz CT molecular complexity index is 1160. The highest BCUT2D eigenvalue weighted by molar-refractivity contribution is 5.97. The number of carbonyl (C=O) groups is 1. The van der Waals surface area contributed by atoms with E-state index < -0.39 is 29.6 Å². The smallest absolute Gasteiger partial charge is 0.309 e. The minimum absolute atomic E-state index is 0.00374. The maximum absolute atomic E-state index is 14.7. The number of hydrogen-bond acceptors (Lipinski definition) is 7. The average molecular weight is 429 g/mol. The van der Waals surface area contributed by atoms with Crippen LogP contribution >= 0.6 is 0 Å². The van der Waals surface area contributed by atoms with E-state index in [9.17, 15) is 18.7 Å². The first-order valence-electron chi connectivity index (χ1n) is 9.88. The standard InChI is InChI=1S/C21H21F2N5O3/c1-2-4-10-5-3-6-14(15(10)21(29)30)27-17-13(23)9-25-18-16(28-31-19(17)18)12-7-11(22)8-26-20(12)24/h2,4,7-10,14-15H,3,5-6H2,1H3,(H2,24,26)(H,25,27)(H,29,30)/b4-2+/t10?,14?,15-/m0/s1. The first kappa shape index (κ1) is 20.7. The normalized spacial score (nSPS) is 21.6. The number of carboxylic acids is 1. The number of aromatic nitrogens is 3. The molecule has 3 aromatic heterocycles. The molecule has 3 atom stereocenters. The molecule has 1 aliphatic carbocycles. The van der Waals surface area contributed by atoms with Crippen LogP contribution in [0.4, 0.5) is 20.3 Å². The van der Waals surface area contributed by atoms with Crippen molar-refractivity contribution in [1.82, 2.24) is 15.1 Å². The van der Waals surface area contributed by atoms with Crippen molar-refractivity contribution >= 4 is 28.6 Å². The average Bonchev–Trinajstić information content (AvgIpc) is 3.16. The number of nitrogens with zero attached hydrogens (tertiary/aromatic N) is 3. The zero-order valence-corrected chi connectivity index (χ0v) is 16.7. The molecule has 3 heterocycles. The number of nitrogen functional groups attached to an aromatic ring is 1. The van der Waals surface area contributed by atoms with Gasteiger partial charge in [0.1, 0.15) is 28.5 Å². The quantitative estimate of drug-likeness (QED) is 0.519. The summed E-state index contributed by atoms with van der Waals surface area (Å²) in [7, 11) is 0. The van der Waals surface area contributed by atoms with Gasteiger partial charge in [-0.05, 0) is 31.7 Å². The predicted octanol–water partition coefficient (Wildman–Crippen LogP) is 4.00. The predicted molar refractivity (Wildman–Crippen MR) is 110 cm³/mol. The number of aliphatic carboxylic acids is 1. The molecule has 31 heavy (non-hydrogen) atoms. The summed E-state index contributed by atoms with van der Waals surface area (Å²) >= 11 is 0. The van der Waals surface area contributed by atoms with Crippen LogP contribution in [0.2, 0.25) is 0 Å². The van der Waals surface area contributed by atoms with Crippen LogP contribution in [0.1, 0.15) is 26.2 Å². The number of allylic oxidation sites excluding steroid dienone is 2. The van der Waals surface area contributed by atoms with Crippen molar-refractivity contribution in [3.8, 4) is 11.3 Å². The summed E-state index contributed by atoms with van der Waals surface area (Å²) in [5, 5.41) is 16.7. The molecule has 10 heteroatoms. The van der Waals surface area contributed by atoms with Crippen LogP contribution in [0.25, 0.3) is 22.4 Å². The van der Waals surface area contributed by atoms with Gasteiger partial charge in [0, 0.05) is 6.04 Å². The fraction of sp³-hybridized carbons (Fsp3) is 0.333. The third kappa shape index (κ3) is 3.80. The molecule has 1 fully saturated rings. The zero-order valence-electron chi connectivity index (χ0n) is 16.7. The number of halogens is 2. The Labute approximate surface area is 176 Å². The van der Waals surface area contributed by atoms with Crippen molar-refractivity contribution in [2.75, 3.05) is 11.1 Å². The number of nitrogens with one attached hydrogen (secondary N) is 1. The number of rotatable bonds is 5. The molecular formula is C21H21F2N5O3. The number of carboxylic acid groups (broad SMARTS) is 1. The Morgan fingerprint density at radius 2 is 2.13 bits per heavy atom. The van der Waals surface area contributed by atoms with Crippen LogP contribution in [0.15, 0.2) is 35.1 Å². The van der Waals surface area contributed by atoms with Gasteiger partial charge in [-0.1, -0.05) is 23.7 Å². The summed E-state index contributed by atoms with van der Waals surface area (Å²) in [6, 6.07) is 0.614. The highest BCUT2D eigenvalue weighted by Gasteiger charge is 2.38. The summed E-state index contributed by atoms with van der Waals surface area (Å²) in [6.45, 7) is 1.84. The van der Waals surface area contributed by atoms with Crippen LogP contribution in [-0.2, 0) is 4.79 Å². The lowest BCUT2D eigenvalue weighted by atomic mass is 9.75. The molecule has 162 valence electrons. The van der Waals surface area contributed by atoms with Gasteiger partial charge in [0.05, 0.1) is 23.9 Å². The first-order valence-corrected chi connectivity index (χ1v) is 9.88. The Morgan fingerprint density at radius 1 is 1.32 bits per heavy atom. The van der Waals surface area contributed by atoms with E-state index in [0.717, 1.165) is 31.3 Å². The third-order valence-corrected chi connectivity index (χ3v) is 5.58. The first-order chi connectivity index (χ1) is 14.9. The minimum Gasteiger partial charge on any atom is -0.481 e. The van der Waals surface area contributed by atoms with Crippen molar-refractivity contribution in [2.24, 2.45) is 11.8 Å². The van der Waals surface area contributed by atoms with E-state index >= 15 is 0 Å². The van der Waals surface area contributed by atoms with Crippen molar-refractivity contribution < 1.29 is 23.2 Å². The number of fused-ring (bicyclic) bond motifs is 1. The maximum atomic E-state index is 14.7. The second-order valence-electron chi connectivity index (χ2n) is 7.51.